The number of hydrogen-bond donors (Lipinski definition) is 6. The third kappa shape index (κ3) is 3.38. The van der Waals surface area contributed by atoms with Gasteiger partial charge in [0.25, 0.3) is 0 Å². The lowest BCUT2D eigenvalue weighted by molar-refractivity contribution is -0.211. The van der Waals surface area contributed by atoms with Crippen molar-refractivity contribution in [2.24, 2.45) is 34.5 Å². The van der Waals surface area contributed by atoms with Crippen molar-refractivity contribution in [1.82, 2.24) is 0 Å². The lowest BCUT2D eigenvalue weighted by atomic mass is 9.45. The molecule has 5 rings (SSSR count). The second kappa shape index (κ2) is 8.57. The van der Waals surface area contributed by atoms with Gasteiger partial charge in [0, 0.05) is 11.3 Å². The molecule has 4 aliphatic carbocycles. The third-order valence-electron chi connectivity index (χ3n) is 12.1. The normalized spacial score (nSPS) is 52.8. The van der Waals surface area contributed by atoms with Gasteiger partial charge in [-0.05, 0) is 87.7 Å². The van der Waals surface area contributed by atoms with E-state index >= 15 is 0 Å². The maximum atomic E-state index is 13.4. The maximum Gasteiger partial charge on any atom is 0.312 e. The topological polar surface area (TPSA) is 165 Å². The molecule has 1 heterocycles. The molecule has 0 aromatic carbocycles. The average Bonchev–Trinajstić information content (AvgIpc) is 3.26. The van der Waals surface area contributed by atoms with Crippen molar-refractivity contribution in [2.75, 3.05) is 0 Å². The van der Waals surface area contributed by atoms with Crippen molar-refractivity contribution in [3.05, 3.63) is 11.6 Å². The van der Waals surface area contributed by atoms with E-state index in [1.165, 1.54) is 6.92 Å². The number of carbonyl (C=O) groups is 2. The number of rotatable bonds is 4. The fourth-order valence-corrected chi connectivity index (χ4v) is 9.45. The molecule has 0 bridgehead atoms. The van der Waals surface area contributed by atoms with E-state index in [2.05, 4.69) is 0 Å². The fraction of sp³-hybridized carbons (Fsp3) is 0.862. The fourth-order valence-electron chi connectivity index (χ4n) is 9.45. The van der Waals surface area contributed by atoms with Crippen LogP contribution in [0.5, 0.6) is 0 Å². The highest BCUT2D eigenvalue weighted by Crippen LogP contribution is 2.68. The Hall–Kier alpha value is -1.36. The smallest absolute Gasteiger partial charge is 0.312 e. The van der Waals surface area contributed by atoms with Gasteiger partial charge in [0.05, 0.1) is 29.3 Å². The summed E-state index contributed by atoms with van der Waals surface area (Å²) in [5.74, 6) is -2.86. The van der Waals surface area contributed by atoms with Crippen LogP contribution in [-0.2, 0) is 14.3 Å². The van der Waals surface area contributed by atoms with Crippen molar-refractivity contribution in [3.63, 3.8) is 0 Å². The molecule has 9 heteroatoms. The number of aliphatic hydroxyl groups excluding tert-OH is 3. The molecule has 1 saturated heterocycles. The number of cyclic esters (lactones) is 1. The first-order valence-corrected chi connectivity index (χ1v) is 14.2. The van der Waals surface area contributed by atoms with Crippen molar-refractivity contribution in [2.45, 2.75) is 121 Å². The molecule has 38 heavy (non-hydrogen) atoms. The number of aliphatic hydroxyl groups is 6. The Kier molecular flexibility index (Phi) is 6.36. The number of ketones is 1. The zero-order chi connectivity index (χ0) is 28.2. The van der Waals surface area contributed by atoms with E-state index in [9.17, 15) is 40.2 Å². The Balaban J connectivity index is 1.50. The van der Waals surface area contributed by atoms with Crippen LogP contribution in [0.4, 0.5) is 0 Å². The lowest BCUT2D eigenvalue weighted by Crippen LogP contribution is -2.65. The summed E-state index contributed by atoms with van der Waals surface area (Å²) in [6.45, 7) is 8.59. The highest BCUT2D eigenvalue weighted by molar-refractivity contribution is 5.95. The molecular formula is C29H44O9. The molecular weight excluding hydrogens is 492 g/mol. The van der Waals surface area contributed by atoms with E-state index in [4.69, 9.17) is 4.74 Å². The minimum atomic E-state index is -1.82. The molecule has 6 N–H and O–H groups in total. The summed E-state index contributed by atoms with van der Waals surface area (Å²) in [6, 6.07) is 0. The van der Waals surface area contributed by atoms with E-state index in [0.29, 0.717) is 24.8 Å². The quantitative estimate of drug-likeness (QED) is 0.288. The number of allylic oxidation sites excluding steroid dienone is 1. The van der Waals surface area contributed by atoms with Crippen LogP contribution in [0.15, 0.2) is 11.6 Å². The molecule has 0 aromatic heterocycles. The van der Waals surface area contributed by atoms with Gasteiger partial charge in [0.15, 0.2) is 11.9 Å². The van der Waals surface area contributed by atoms with Crippen molar-refractivity contribution in [1.29, 1.82) is 0 Å². The molecule has 214 valence electrons. The summed E-state index contributed by atoms with van der Waals surface area (Å²) in [7, 11) is 0. The number of esters is 1. The molecule has 3 saturated carbocycles. The first-order chi connectivity index (χ1) is 17.5. The van der Waals surface area contributed by atoms with Gasteiger partial charge in [-0.2, -0.15) is 0 Å². The van der Waals surface area contributed by atoms with Crippen LogP contribution < -0.4 is 0 Å². The minimum absolute atomic E-state index is 0.153. The number of ether oxygens (including phenoxy) is 1. The molecule has 4 fully saturated rings. The summed E-state index contributed by atoms with van der Waals surface area (Å²) < 4.78 is 5.41. The predicted molar refractivity (Wildman–Crippen MR) is 135 cm³/mol. The van der Waals surface area contributed by atoms with E-state index in [1.54, 1.807) is 19.9 Å². The van der Waals surface area contributed by atoms with Gasteiger partial charge in [0.1, 0.15) is 11.7 Å². The highest BCUT2D eigenvalue weighted by atomic mass is 16.6. The maximum absolute atomic E-state index is 13.4. The summed E-state index contributed by atoms with van der Waals surface area (Å²) in [5, 5.41) is 67.7. The monoisotopic (exact) mass is 536 g/mol. The molecule has 5 aliphatic rings. The molecule has 0 radical (unpaired) electrons. The third-order valence-corrected chi connectivity index (χ3v) is 12.1. The van der Waals surface area contributed by atoms with Gasteiger partial charge in [0.2, 0.25) is 0 Å². The molecule has 0 spiro atoms. The SMILES string of the molecule is CC[C@@]1(O)[C@H](C)C(=O)O[C@H]1[C@@H](O)[C@](C)(O)[C@H]1CC[C@@]2(O)C3=CC(=O)[C@@H]4C[C@@H](O)[C@@H](O)C[C@]4(C)[C@H]3CC[C@]12C. The lowest BCUT2D eigenvalue weighted by Gasteiger charge is -2.60. The van der Waals surface area contributed by atoms with Crippen LogP contribution in [0.3, 0.4) is 0 Å². The van der Waals surface area contributed by atoms with E-state index in [-0.39, 0.29) is 37.4 Å². The molecule has 0 aromatic rings. The van der Waals surface area contributed by atoms with Crippen molar-refractivity contribution < 1.29 is 45.0 Å². The van der Waals surface area contributed by atoms with Crippen LogP contribution in [0.25, 0.3) is 0 Å². The predicted octanol–water partition coefficient (Wildman–Crippen LogP) is 1.01. The summed E-state index contributed by atoms with van der Waals surface area (Å²) >= 11 is 0. The minimum Gasteiger partial charge on any atom is -0.456 e. The van der Waals surface area contributed by atoms with Gasteiger partial charge in [-0.15, -0.1) is 0 Å². The Morgan fingerprint density at radius 2 is 1.76 bits per heavy atom. The Morgan fingerprint density at radius 1 is 1.11 bits per heavy atom. The van der Waals surface area contributed by atoms with Crippen LogP contribution in [0, 0.1) is 34.5 Å². The van der Waals surface area contributed by atoms with Gasteiger partial charge >= 0.3 is 5.97 Å². The number of fused-ring (bicyclic) bond motifs is 5. The zero-order valence-electron chi connectivity index (χ0n) is 23.1. The zero-order valence-corrected chi connectivity index (χ0v) is 23.1. The second-order valence-electron chi connectivity index (χ2n) is 13.7. The number of carbonyl (C=O) groups excluding carboxylic acids is 2. The van der Waals surface area contributed by atoms with E-state index < -0.39 is 75.8 Å². The first kappa shape index (κ1) is 28.2. The van der Waals surface area contributed by atoms with Crippen molar-refractivity contribution in [3.8, 4) is 0 Å². The van der Waals surface area contributed by atoms with Gasteiger partial charge < -0.3 is 35.4 Å². The molecule has 1 aliphatic heterocycles. The van der Waals surface area contributed by atoms with E-state index in [1.807, 2.05) is 13.8 Å². The van der Waals surface area contributed by atoms with Crippen LogP contribution in [-0.4, -0.2) is 83.6 Å². The number of hydrogen-bond acceptors (Lipinski definition) is 9. The molecule has 0 amide bonds. The second-order valence-corrected chi connectivity index (χ2v) is 13.7. The average molecular weight is 537 g/mol. The van der Waals surface area contributed by atoms with Gasteiger partial charge in [-0.25, -0.2) is 0 Å². The van der Waals surface area contributed by atoms with Gasteiger partial charge in [-0.1, -0.05) is 20.8 Å². The van der Waals surface area contributed by atoms with E-state index in [0.717, 1.165) is 0 Å². The van der Waals surface area contributed by atoms with Gasteiger partial charge in [-0.3, -0.25) is 9.59 Å². The van der Waals surface area contributed by atoms with Crippen molar-refractivity contribution >= 4 is 11.8 Å². The molecule has 0 unspecified atom stereocenters. The summed E-state index contributed by atoms with van der Waals surface area (Å²) in [5.41, 5.74) is -5.77. The highest BCUT2D eigenvalue weighted by Gasteiger charge is 2.70. The summed E-state index contributed by atoms with van der Waals surface area (Å²) in [6.07, 6.45) is -0.894. The molecule has 13 atom stereocenters. The Morgan fingerprint density at radius 3 is 2.39 bits per heavy atom. The summed E-state index contributed by atoms with van der Waals surface area (Å²) in [4.78, 5) is 25.7. The molecule has 9 nitrogen and oxygen atoms in total. The van der Waals surface area contributed by atoms with Crippen LogP contribution >= 0.6 is 0 Å². The Bertz CT molecular complexity index is 1050. The van der Waals surface area contributed by atoms with Crippen LogP contribution in [0.1, 0.15) is 79.6 Å². The van der Waals surface area contributed by atoms with Crippen LogP contribution in [0.2, 0.25) is 0 Å². The Labute approximate surface area is 223 Å². The first-order valence-electron chi connectivity index (χ1n) is 14.2. The standard InChI is InChI=1S/C29H44O9/c1-6-28(36)14(2)24(34)38-23(28)22(33)27(5,35)21-8-10-29(37)16-11-18(30)17-12-19(31)20(32)13-25(17,3)15(16)7-9-26(21,29)4/h11,14-15,17,19-23,31-33,35-37H,6-10,12-13H2,1-5H3/t14-,15+,17+,19-,20+,21+,22-,23+,25-,26-,27-,28-,29-/m1/s1. The largest absolute Gasteiger partial charge is 0.456 e.